The molecule has 48 valence electrons. The van der Waals surface area contributed by atoms with Gasteiger partial charge in [-0.25, -0.2) is 0 Å². The molecule has 2 fully saturated rings. The molecule has 2 heterocycles. The van der Waals surface area contributed by atoms with E-state index in [4.69, 9.17) is 4.74 Å². The van der Waals surface area contributed by atoms with E-state index in [0.717, 1.165) is 0 Å². The van der Waals surface area contributed by atoms with Gasteiger partial charge in [-0.2, -0.15) is 0 Å². The van der Waals surface area contributed by atoms with E-state index in [0.29, 0.717) is 12.2 Å². The zero-order valence-electron chi connectivity index (χ0n) is 4.80. The van der Waals surface area contributed by atoms with Crippen LogP contribution in [0, 0.1) is 0 Å². The zero-order valence-corrected chi connectivity index (χ0v) is 4.80. The quantitative estimate of drug-likeness (QED) is 0.468. The molecule has 1 nitrogen and oxygen atoms in total. The maximum absolute atomic E-state index is 5.47. The predicted octanol–water partition coefficient (Wildman–Crippen LogP) is 1.48. The predicted molar refractivity (Wildman–Crippen MR) is 29.6 cm³/mol. The van der Waals surface area contributed by atoms with Gasteiger partial charge < -0.3 is 4.74 Å². The lowest BCUT2D eigenvalue weighted by molar-refractivity contribution is 0.105. The molecule has 0 atom stereocenters. The average molecular weight is 118 g/mol. The summed E-state index contributed by atoms with van der Waals surface area (Å²) in [5, 5.41) is 0. The molecular formula is C6H11FO. The molecule has 2 aliphatic heterocycles. The Balaban J connectivity index is 0.000000320. The Bertz CT molecular complexity index is 66.6. The van der Waals surface area contributed by atoms with E-state index in [-0.39, 0.29) is 4.70 Å². The van der Waals surface area contributed by atoms with Crippen molar-refractivity contribution in [2.45, 2.75) is 37.9 Å². The molecule has 0 amide bonds. The Labute approximate surface area is 48.4 Å². The summed E-state index contributed by atoms with van der Waals surface area (Å²) in [5.41, 5.74) is 0. The van der Waals surface area contributed by atoms with E-state index in [2.05, 4.69) is 0 Å². The van der Waals surface area contributed by atoms with Crippen LogP contribution in [0.4, 0.5) is 4.70 Å². The summed E-state index contributed by atoms with van der Waals surface area (Å²) in [6.45, 7) is 0. The largest absolute Gasteiger partial charge is 0.375 e. The molecule has 2 bridgehead atoms. The normalized spacial score (nSPS) is 42.0. The molecule has 2 aliphatic rings. The minimum atomic E-state index is 0. The third-order valence-corrected chi connectivity index (χ3v) is 2.01. The Kier molecular flexibility index (Phi) is 1.52. The van der Waals surface area contributed by atoms with E-state index >= 15 is 0 Å². The molecule has 0 N–H and O–H groups in total. The van der Waals surface area contributed by atoms with Crippen LogP contribution in [0.1, 0.15) is 25.7 Å². The Morgan fingerprint density at radius 1 is 0.875 bits per heavy atom. The number of fused-ring (bicyclic) bond motifs is 2. The lowest BCUT2D eigenvalue weighted by atomic mass is 10.0. The molecule has 0 aromatic rings. The highest BCUT2D eigenvalue weighted by Gasteiger charge is 2.31. The van der Waals surface area contributed by atoms with E-state index in [9.17, 15) is 0 Å². The minimum Gasteiger partial charge on any atom is -0.375 e. The van der Waals surface area contributed by atoms with Crippen molar-refractivity contribution in [2.75, 3.05) is 0 Å². The fourth-order valence-electron chi connectivity index (χ4n) is 1.58. The van der Waals surface area contributed by atoms with Crippen molar-refractivity contribution in [2.24, 2.45) is 0 Å². The lowest BCUT2D eigenvalue weighted by Crippen LogP contribution is -1.98. The van der Waals surface area contributed by atoms with Crippen LogP contribution in [0.5, 0.6) is 0 Å². The molecule has 0 aromatic carbocycles. The van der Waals surface area contributed by atoms with Crippen molar-refractivity contribution in [3.8, 4) is 0 Å². The highest BCUT2D eigenvalue weighted by atomic mass is 19.0. The number of hydrogen-bond donors (Lipinski definition) is 0. The Morgan fingerprint density at radius 2 is 1.25 bits per heavy atom. The van der Waals surface area contributed by atoms with Gasteiger partial charge in [0.2, 0.25) is 0 Å². The molecular weight excluding hydrogens is 107 g/mol. The molecule has 8 heavy (non-hydrogen) atoms. The average Bonchev–Trinajstić information content (AvgIpc) is 2.22. The van der Waals surface area contributed by atoms with Gasteiger partial charge in [0.25, 0.3) is 0 Å². The zero-order chi connectivity index (χ0) is 4.69. The third kappa shape index (κ3) is 0.730. The SMILES string of the molecule is C1CC2CCC1O2.F. The first-order chi connectivity index (χ1) is 3.45. The van der Waals surface area contributed by atoms with E-state index in [1.807, 2.05) is 0 Å². The first kappa shape index (κ1) is 6.02. The summed E-state index contributed by atoms with van der Waals surface area (Å²) in [5.74, 6) is 0. The summed E-state index contributed by atoms with van der Waals surface area (Å²) in [4.78, 5) is 0. The Morgan fingerprint density at radius 3 is 1.38 bits per heavy atom. The Hall–Kier alpha value is -0.110. The van der Waals surface area contributed by atoms with Crippen molar-refractivity contribution < 1.29 is 9.44 Å². The molecule has 2 saturated heterocycles. The van der Waals surface area contributed by atoms with Crippen LogP contribution in [0.3, 0.4) is 0 Å². The molecule has 0 aliphatic carbocycles. The summed E-state index contributed by atoms with van der Waals surface area (Å²) < 4.78 is 5.47. The second-order valence-electron chi connectivity index (χ2n) is 2.53. The van der Waals surface area contributed by atoms with Crippen LogP contribution in [-0.2, 0) is 4.74 Å². The topological polar surface area (TPSA) is 9.23 Å². The van der Waals surface area contributed by atoms with E-state index in [1.54, 1.807) is 0 Å². The summed E-state index contributed by atoms with van der Waals surface area (Å²) in [6.07, 6.45) is 6.69. The van der Waals surface area contributed by atoms with Gasteiger partial charge >= 0.3 is 0 Å². The second kappa shape index (κ2) is 2.02. The highest BCUT2D eigenvalue weighted by molar-refractivity contribution is 4.81. The van der Waals surface area contributed by atoms with Gasteiger partial charge in [-0.05, 0) is 25.7 Å². The maximum atomic E-state index is 5.47. The van der Waals surface area contributed by atoms with Crippen LogP contribution in [0.15, 0.2) is 0 Å². The molecule has 0 unspecified atom stereocenters. The minimum absolute atomic E-state index is 0. The molecule has 0 saturated carbocycles. The maximum Gasteiger partial charge on any atom is 0.0580 e. The van der Waals surface area contributed by atoms with Crippen LogP contribution in [0.25, 0.3) is 0 Å². The lowest BCUT2D eigenvalue weighted by Gasteiger charge is -2.00. The first-order valence-electron chi connectivity index (χ1n) is 3.10. The number of ether oxygens (including phenoxy) is 1. The standard InChI is InChI=1S/C6H10O.FH/c1-2-6-4-3-5(1)7-6;/h5-6H,1-4H2;1H. The van der Waals surface area contributed by atoms with Crippen LogP contribution in [0.2, 0.25) is 0 Å². The van der Waals surface area contributed by atoms with E-state index in [1.165, 1.54) is 25.7 Å². The van der Waals surface area contributed by atoms with Crippen LogP contribution < -0.4 is 0 Å². The molecule has 2 rings (SSSR count). The highest BCUT2D eigenvalue weighted by Crippen LogP contribution is 2.33. The van der Waals surface area contributed by atoms with Gasteiger partial charge in [-0.3, -0.25) is 4.70 Å². The van der Waals surface area contributed by atoms with Crippen molar-refractivity contribution in [3.63, 3.8) is 0 Å². The third-order valence-electron chi connectivity index (χ3n) is 2.01. The summed E-state index contributed by atoms with van der Waals surface area (Å²) in [7, 11) is 0. The van der Waals surface area contributed by atoms with E-state index < -0.39 is 0 Å². The first-order valence-corrected chi connectivity index (χ1v) is 3.10. The summed E-state index contributed by atoms with van der Waals surface area (Å²) in [6, 6.07) is 0. The van der Waals surface area contributed by atoms with Crippen molar-refractivity contribution in [3.05, 3.63) is 0 Å². The summed E-state index contributed by atoms with van der Waals surface area (Å²) >= 11 is 0. The molecule has 2 heteroatoms. The van der Waals surface area contributed by atoms with Gasteiger partial charge in [0.1, 0.15) is 0 Å². The number of halogens is 1. The van der Waals surface area contributed by atoms with Crippen molar-refractivity contribution in [1.82, 2.24) is 0 Å². The van der Waals surface area contributed by atoms with Crippen LogP contribution in [-0.4, -0.2) is 12.2 Å². The number of rotatable bonds is 0. The monoisotopic (exact) mass is 118 g/mol. The van der Waals surface area contributed by atoms with Gasteiger partial charge in [0.15, 0.2) is 0 Å². The van der Waals surface area contributed by atoms with Gasteiger partial charge in [0, 0.05) is 0 Å². The van der Waals surface area contributed by atoms with Crippen molar-refractivity contribution >= 4 is 0 Å². The second-order valence-corrected chi connectivity index (χ2v) is 2.53. The molecule has 0 spiro atoms. The fourth-order valence-corrected chi connectivity index (χ4v) is 1.58. The fraction of sp³-hybridized carbons (Fsp3) is 1.00. The number of hydrogen-bond acceptors (Lipinski definition) is 1. The van der Waals surface area contributed by atoms with Gasteiger partial charge in [-0.1, -0.05) is 0 Å². The molecule has 0 radical (unpaired) electrons. The smallest absolute Gasteiger partial charge is 0.0580 e. The van der Waals surface area contributed by atoms with Crippen molar-refractivity contribution in [1.29, 1.82) is 0 Å². The van der Waals surface area contributed by atoms with Crippen LogP contribution >= 0.6 is 0 Å². The van der Waals surface area contributed by atoms with Gasteiger partial charge in [-0.15, -0.1) is 0 Å². The molecule has 0 aromatic heterocycles. The van der Waals surface area contributed by atoms with Gasteiger partial charge in [0.05, 0.1) is 12.2 Å².